The number of nitrogens with zero attached hydrogens (tertiary/aromatic N) is 1. The molecule has 148 valence electrons. The molecule has 1 heterocycles. The number of halogens is 3. The summed E-state index contributed by atoms with van der Waals surface area (Å²) in [5.74, 6) is -0.622. The van der Waals surface area contributed by atoms with Gasteiger partial charge in [0.05, 0.1) is 12.1 Å². The molecule has 27 heavy (non-hydrogen) atoms. The van der Waals surface area contributed by atoms with Gasteiger partial charge in [-0.3, -0.25) is 9.59 Å². The van der Waals surface area contributed by atoms with E-state index in [0.29, 0.717) is 5.56 Å². The molecule has 1 atom stereocenters. The number of hydrogen-bond acceptors (Lipinski definition) is 3. The monoisotopic (exact) mass is 383 g/mol. The Morgan fingerprint density at radius 3 is 2.63 bits per heavy atom. The van der Waals surface area contributed by atoms with Crippen LogP contribution in [0.5, 0.6) is 0 Å². The third kappa shape index (κ3) is 4.43. The maximum absolute atomic E-state index is 13.0. The summed E-state index contributed by atoms with van der Waals surface area (Å²) < 4.78 is 38.9. The molecule has 1 saturated carbocycles. The van der Waals surface area contributed by atoms with E-state index in [-0.39, 0.29) is 36.2 Å². The maximum atomic E-state index is 13.0. The molecular formula is C19H24F3N3O2. The topological polar surface area (TPSA) is 61.4 Å². The first-order valence-corrected chi connectivity index (χ1v) is 9.11. The second-order valence-corrected chi connectivity index (χ2v) is 7.43. The molecule has 1 aliphatic carbocycles. The molecule has 2 aliphatic rings. The van der Waals surface area contributed by atoms with Crippen LogP contribution in [0.2, 0.25) is 0 Å². The summed E-state index contributed by atoms with van der Waals surface area (Å²) >= 11 is 0. The molecule has 5 nitrogen and oxygen atoms in total. The Morgan fingerprint density at radius 2 is 2.00 bits per heavy atom. The van der Waals surface area contributed by atoms with Crippen molar-refractivity contribution in [3.05, 3.63) is 35.4 Å². The Kier molecular flexibility index (Phi) is 5.46. The zero-order valence-corrected chi connectivity index (χ0v) is 15.2. The highest BCUT2D eigenvalue weighted by Gasteiger charge is 2.58. The molecule has 1 saturated heterocycles. The molecule has 1 aromatic carbocycles. The van der Waals surface area contributed by atoms with E-state index >= 15 is 0 Å². The van der Waals surface area contributed by atoms with E-state index in [9.17, 15) is 22.8 Å². The Morgan fingerprint density at radius 1 is 1.30 bits per heavy atom. The second-order valence-electron chi connectivity index (χ2n) is 7.43. The summed E-state index contributed by atoms with van der Waals surface area (Å²) in [5.41, 5.74) is -0.396. The molecule has 1 aromatic rings. The molecule has 3 rings (SSSR count). The minimum atomic E-state index is -4.44. The largest absolute Gasteiger partial charge is 0.416 e. The summed E-state index contributed by atoms with van der Waals surface area (Å²) in [4.78, 5) is 26.3. The van der Waals surface area contributed by atoms with Gasteiger partial charge in [0, 0.05) is 19.5 Å². The van der Waals surface area contributed by atoms with Gasteiger partial charge in [0.2, 0.25) is 11.8 Å². The fourth-order valence-corrected chi connectivity index (χ4v) is 3.93. The number of nitrogens with one attached hydrogen (secondary N) is 2. The van der Waals surface area contributed by atoms with Gasteiger partial charge in [0.25, 0.3) is 0 Å². The number of piperidine rings is 1. The third-order valence-electron chi connectivity index (χ3n) is 5.64. The lowest BCUT2D eigenvalue weighted by Crippen LogP contribution is -2.41. The van der Waals surface area contributed by atoms with Gasteiger partial charge in [-0.05, 0) is 55.5 Å². The van der Waals surface area contributed by atoms with Crippen LogP contribution in [0.3, 0.4) is 0 Å². The average molecular weight is 383 g/mol. The fraction of sp³-hybridized carbons (Fsp3) is 0.579. The van der Waals surface area contributed by atoms with Crippen molar-refractivity contribution in [3.8, 4) is 0 Å². The van der Waals surface area contributed by atoms with E-state index in [1.54, 1.807) is 6.07 Å². The summed E-state index contributed by atoms with van der Waals surface area (Å²) in [7, 11) is 1.47. The van der Waals surface area contributed by atoms with Gasteiger partial charge in [-0.25, -0.2) is 0 Å². The zero-order chi connectivity index (χ0) is 19.7. The molecule has 1 spiro atoms. The molecule has 1 unspecified atom stereocenters. The van der Waals surface area contributed by atoms with E-state index in [1.807, 2.05) is 0 Å². The van der Waals surface area contributed by atoms with Crippen LogP contribution in [-0.2, 0) is 22.3 Å². The highest BCUT2D eigenvalue weighted by atomic mass is 19.4. The molecule has 0 bridgehead atoms. The number of hydrogen-bond donors (Lipinski definition) is 2. The summed E-state index contributed by atoms with van der Waals surface area (Å²) in [6.45, 7) is 1.57. The number of rotatable bonds is 5. The molecule has 2 amide bonds. The van der Waals surface area contributed by atoms with Gasteiger partial charge in [-0.2, -0.15) is 13.2 Å². The van der Waals surface area contributed by atoms with Gasteiger partial charge >= 0.3 is 6.18 Å². The minimum Gasteiger partial charge on any atom is -0.358 e. The number of benzene rings is 1. The maximum Gasteiger partial charge on any atom is 0.416 e. The normalized spacial score (nSPS) is 21.0. The third-order valence-corrected chi connectivity index (χ3v) is 5.64. The number of likely N-dealkylation sites (N-methyl/N-ethyl adjacent to an activating group) is 1. The summed E-state index contributed by atoms with van der Waals surface area (Å²) in [5, 5.41) is 5.75. The van der Waals surface area contributed by atoms with Crippen molar-refractivity contribution in [2.75, 3.05) is 26.7 Å². The lowest BCUT2D eigenvalue weighted by atomic mass is 9.91. The van der Waals surface area contributed by atoms with Crippen LogP contribution >= 0.6 is 0 Å². The predicted octanol–water partition coefficient (Wildman–Crippen LogP) is 2.17. The SMILES string of the molecule is CNC(=O)CN(Cc1cccc(C(F)(F)F)c1)C(=O)C1CC12CCNCC2. The van der Waals surface area contributed by atoms with E-state index < -0.39 is 11.7 Å². The quantitative estimate of drug-likeness (QED) is 0.819. The minimum absolute atomic E-state index is 0.00288. The highest BCUT2D eigenvalue weighted by Crippen LogP contribution is 2.59. The molecule has 0 radical (unpaired) electrons. The van der Waals surface area contributed by atoms with Crippen molar-refractivity contribution in [3.63, 3.8) is 0 Å². The molecule has 2 fully saturated rings. The van der Waals surface area contributed by atoms with E-state index in [1.165, 1.54) is 18.0 Å². The van der Waals surface area contributed by atoms with Gasteiger partial charge in [-0.1, -0.05) is 12.1 Å². The van der Waals surface area contributed by atoms with Crippen molar-refractivity contribution in [1.82, 2.24) is 15.5 Å². The second kappa shape index (κ2) is 7.50. The van der Waals surface area contributed by atoms with Crippen LogP contribution in [0.1, 0.15) is 30.4 Å². The number of carbonyl (C=O) groups is 2. The predicted molar refractivity (Wildman–Crippen MR) is 93.6 cm³/mol. The number of alkyl halides is 3. The lowest BCUT2D eigenvalue weighted by molar-refractivity contribution is -0.138. The smallest absolute Gasteiger partial charge is 0.358 e. The number of carbonyl (C=O) groups excluding carboxylic acids is 2. The molecule has 8 heteroatoms. The van der Waals surface area contributed by atoms with Crippen molar-refractivity contribution in [2.45, 2.75) is 32.0 Å². The van der Waals surface area contributed by atoms with Gasteiger partial charge < -0.3 is 15.5 Å². The standard InChI is InChI=1S/C19H24F3N3O2/c1-23-16(26)12-25(11-13-3-2-4-14(9-13)19(20,21)22)17(27)15-10-18(15)5-7-24-8-6-18/h2-4,9,15,24H,5-8,10-12H2,1H3,(H,23,26). The van der Waals surface area contributed by atoms with E-state index in [2.05, 4.69) is 10.6 Å². The van der Waals surface area contributed by atoms with Crippen LogP contribution in [0, 0.1) is 11.3 Å². The first-order chi connectivity index (χ1) is 12.7. The molecule has 1 aliphatic heterocycles. The van der Waals surface area contributed by atoms with Gasteiger partial charge in [0.15, 0.2) is 0 Å². The van der Waals surface area contributed by atoms with Crippen molar-refractivity contribution in [2.24, 2.45) is 11.3 Å². The van der Waals surface area contributed by atoms with Gasteiger partial charge in [-0.15, -0.1) is 0 Å². The average Bonchev–Trinajstić information content (AvgIpc) is 3.33. The Balaban J connectivity index is 1.76. The Labute approximate surface area is 156 Å². The van der Waals surface area contributed by atoms with Crippen LogP contribution in [0.15, 0.2) is 24.3 Å². The van der Waals surface area contributed by atoms with Crippen molar-refractivity contribution < 1.29 is 22.8 Å². The molecular weight excluding hydrogens is 359 g/mol. The van der Waals surface area contributed by atoms with Crippen LogP contribution in [0.4, 0.5) is 13.2 Å². The summed E-state index contributed by atoms with van der Waals surface area (Å²) in [6.07, 6.45) is -1.82. The first-order valence-electron chi connectivity index (χ1n) is 9.11. The number of amides is 2. The van der Waals surface area contributed by atoms with E-state index in [4.69, 9.17) is 0 Å². The first kappa shape index (κ1) is 19.7. The Hall–Kier alpha value is -2.09. The fourth-order valence-electron chi connectivity index (χ4n) is 3.93. The molecule has 2 N–H and O–H groups in total. The van der Waals surface area contributed by atoms with Crippen molar-refractivity contribution >= 4 is 11.8 Å². The zero-order valence-electron chi connectivity index (χ0n) is 15.2. The Bertz CT molecular complexity index is 714. The van der Waals surface area contributed by atoms with Crippen LogP contribution in [0.25, 0.3) is 0 Å². The van der Waals surface area contributed by atoms with Crippen molar-refractivity contribution in [1.29, 1.82) is 0 Å². The highest BCUT2D eigenvalue weighted by molar-refractivity contribution is 5.87. The lowest BCUT2D eigenvalue weighted by Gasteiger charge is -2.27. The summed E-state index contributed by atoms with van der Waals surface area (Å²) in [6, 6.07) is 4.91. The molecule has 0 aromatic heterocycles. The van der Waals surface area contributed by atoms with Crippen LogP contribution in [-0.4, -0.2) is 43.4 Å². The van der Waals surface area contributed by atoms with Gasteiger partial charge in [0.1, 0.15) is 0 Å². The van der Waals surface area contributed by atoms with E-state index in [0.717, 1.165) is 44.5 Å². The van der Waals surface area contributed by atoms with Crippen LogP contribution < -0.4 is 10.6 Å².